The van der Waals surface area contributed by atoms with Crippen molar-refractivity contribution in [2.45, 2.75) is 25.2 Å². The summed E-state index contributed by atoms with van der Waals surface area (Å²) < 4.78 is 35.6. The summed E-state index contributed by atoms with van der Waals surface area (Å²) in [4.78, 5) is 31.7. The number of anilines is 1. The zero-order valence-corrected chi connectivity index (χ0v) is 26.5. The number of carbonyl (C=O) groups is 1. The Kier molecular flexibility index (Phi) is 8.03. The van der Waals surface area contributed by atoms with Crippen molar-refractivity contribution in [1.29, 1.82) is 0 Å². The van der Waals surface area contributed by atoms with E-state index in [1.165, 1.54) is 52.4 Å². The van der Waals surface area contributed by atoms with Crippen LogP contribution < -0.4 is 10.4 Å². The summed E-state index contributed by atoms with van der Waals surface area (Å²) in [6.45, 7) is 5.04. The first-order chi connectivity index (χ1) is 20.6. The number of hydrogen-bond donors (Lipinski definition) is 0. The van der Waals surface area contributed by atoms with Crippen LogP contribution in [0.5, 0.6) is 0 Å². The molecule has 12 heteroatoms. The van der Waals surface area contributed by atoms with Crippen LogP contribution in [0.4, 0.5) is 5.13 Å². The molecule has 43 heavy (non-hydrogen) atoms. The second-order valence-corrected chi connectivity index (χ2v) is 14.6. The highest BCUT2D eigenvalue weighted by atomic mass is 79.9. The van der Waals surface area contributed by atoms with Gasteiger partial charge in [0.15, 0.2) is 0 Å². The van der Waals surface area contributed by atoms with E-state index in [4.69, 9.17) is 4.42 Å². The fourth-order valence-electron chi connectivity index (χ4n) is 5.31. The van der Waals surface area contributed by atoms with Crippen LogP contribution >= 0.6 is 27.3 Å². The number of benzene rings is 3. The van der Waals surface area contributed by atoms with Gasteiger partial charge in [-0.2, -0.15) is 14.4 Å². The van der Waals surface area contributed by atoms with E-state index in [9.17, 15) is 18.0 Å². The Morgan fingerprint density at radius 2 is 1.81 bits per heavy atom. The number of piperidine rings is 1. The van der Waals surface area contributed by atoms with Crippen LogP contribution in [0.1, 0.15) is 36.2 Å². The van der Waals surface area contributed by atoms with Gasteiger partial charge in [-0.15, -0.1) is 0 Å². The zero-order chi connectivity index (χ0) is 30.3. The number of sulfonamides is 1. The van der Waals surface area contributed by atoms with E-state index in [1.54, 1.807) is 24.3 Å². The molecular formula is C31H27BrN4O5S2. The molecule has 0 aliphatic carbocycles. The second-order valence-electron chi connectivity index (χ2n) is 10.8. The Morgan fingerprint density at radius 1 is 1.09 bits per heavy atom. The third-order valence-electron chi connectivity index (χ3n) is 7.31. The van der Waals surface area contributed by atoms with Gasteiger partial charge in [-0.1, -0.05) is 53.2 Å². The molecule has 1 aliphatic heterocycles. The number of aromatic nitrogens is 1. The van der Waals surface area contributed by atoms with E-state index in [2.05, 4.69) is 39.9 Å². The highest BCUT2D eigenvalue weighted by Crippen LogP contribution is 2.32. The fraction of sp³-hybridized carbons (Fsp3) is 0.226. The maximum atomic E-state index is 13.9. The van der Waals surface area contributed by atoms with Crippen LogP contribution in [-0.2, 0) is 10.0 Å². The van der Waals surface area contributed by atoms with E-state index < -0.39 is 15.9 Å². The van der Waals surface area contributed by atoms with Crippen molar-refractivity contribution < 1.29 is 17.6 Å². The Labute approximate surface area is 260 Å². The lowest BCUT2D eigenvalue weighted by Crippen LogP contribution is -2.42. The van der Waals surface area contributed by atoms with Crippen LogP contribution in [0.2, 0.25) is 0 Å². The Bertz CT molecular complexity index is 2030. The molecule has 3 aromatic carbocycles. The number of amides is 1. The summed E-state index contributed by atoms with van der Waals surface area (Å²) in [6.07, 6.45) is 3.56. The van der Waals surface area contributed by atoms with Gasteiger partial charge in [0.1, 0.15) is 11.8 Å². The number of para-hydroxylation sites is 1. The molecule has 3 heterocycles. The SMILES string of the molecule is CC1CC(C)CN(S(=O)(=O)c2ccc(C(=O)N(/N=C/c3coc4ccccc4c3=O)c3nc4ccc(Br)cc4s3)cc2)C1. The molecule has 1 amide bonds. The maximum Gasteiger partial charge on any atom is 0.280 e. The molecule has 2 atom stereocenters. The molecule has 1 aliphatic rings. The lowest BCUT2D eigenvalue weighted by atomic mass is 9.94. The van der Waals surface area contributed by atoms with Gasteiger partial charge in [0.05, 0.1) is 32.3 Å². The number of hydrazone groups is 1. The normalized spacial score (nSPS) is 18.0. The van der Waals surface area contributed by atoms with E-state index in [1.807, 2.05) is 18.2 Å². The van der Waals surface area contributed by atoms with Gasteiger partial charge in [-0.25, -0.2) is 13.4 Å². The molecule has 0 radical (unpaired) electrons. The Hall–Kier alpha value is -3.71. The lowest BCUT2D eigenvalue weighted by molar-refractivity contribution is 0.0987. The standard InChI is InChI=1S/C31H27BrN4O5S2/c1-19-13-20(2)17-35(16-19)43(39,40)24-10-7-21(8-11-24)30(38)36(31-34-26-12-9-23(32)14-28(26)42-31)33-15-22-18-41-27-6-4-3-5-25(27)29(22)37/h3-12,14-15,18-20H,13,16-17H2,1-2H3/b33-15+. The summed E-state index contributed by atoms with van der Waals surface area (Å²) in [5.74, 6) is -0.000694. The number of nitrogens with zero attached hydrogens (tertiary/aromatic N) is 4. The van der Waals surface area contributed by atoms with E-state index in [-0.39, 0.29) is 38.4 Å². The van der Waals surface area contributed by atoms with Crippen molar-refractivity contribution in [3.63, 3.8) is 0 Å². The predicted octanol–water partition coefficient (Wildman–Crippen LogP) is 6.51. The molecule has 0 spiro atoms. The topological polar surface area (TPSA) is 113 Å². The molecule has 0 bridgehead atoms. The second kappa shape index (κ2) is 11.8. The molecule has 2 aromatic heterocycles. The number of rotatable bonds is 6. The number of thiazole rings is 1. The summed E-state index contributed by atoms with van der Waals surface area (Å²) in [7, 11) is -3.71. The molecule has 1 fully saturated rings. The van der Waals surface area contributed by atoms with E-state index in [0.717, 1.165) is 20.6 Å². The van der Waals surface area contributed by atoms with Crippen molar-refractivity contribution in [1.82, 2.24) is 9.29 Å². The molecule has 0 saturated carbocycles. The Morgan fingerprint density at radius 3 is 2.56 bits per heavy atom. The minimum Gasteiger partial charge on any atom is -0.463 e. The van der Waals surface area contributed by atoms with Gasteiger partial charge < -0.3 is 4.42 Å². The summed E-state index contributed by atoms with van der Waals surface area (Å²) in [5, 5.41) is 6.19. The highest BCUT2D eigenvalue weighted by molar-refractivity contribution is 9.10. The van der Waals surface area contributed by atoms with Gasteiger partial charge in [0, 0.05) is 23.1 Å². The quantitative estimate of drug-likeness (QED) is 0.149. The minimum absolute atomic E-state index is 0.124. The van der Waals surface area contributed by atoms with Crippen LogP contribution in [0.15, 0.2) is 96.7 Å². The van der Waals surface area contributed by atoms with Gasteiger partial charge in [-0.05, 0) is 72.9 Å². The monoisotopic (exact) mass is 678 g/mol. The first kappa shape index (κ1) is 29.4. The molecule has 6 rings (SSSR count). The van der Waals surface area contributed by atoms with Crippen LogP contribution in [0.25, 0.3) is 21.2 Å². The van der Waals surface area contributed by atoms with E-state index in [0.29, 0.717) is 29.6 Å². The smallest absolute Gasteiger partial charge is 0.280 e. The summed E-state index contributed by atoms with van der Waals surface area (Å²) in [5.41, 5.74) is 1.20. The summed E-state index contributed by atoms with van der Waals surface area (Å²) >= 11 is 4.72. The van der Waals surface area contributed by atoms with Crippen LogP contribution in [-0.4, -0.2) is 42.9 Å². The first-order valence-corrected chi connectivity index (χ1v) is 16.7. The molecule has 220 valence electrons. The molecule has 5 aromatic rings. The predicted molar refractivity (Wildman–Crippen MR) is 172 cm³/mol. The average molecular weight is 680 g/mol. The highest BCUT2D eigenvalue weighted by Gasteiger charge is 2.32. The number of fused-ring (bicyclic) bond motifs is 2. The van der Waals surface area contributed by atoms with Crippen LogP contribution in [0, 0.1) is 11.8 Å². The van der Waals surface area contributed by atoms with Gasteiger partial charge in [-0.3, -0.25) is 9.59 Å². The van der Waals surface area contributed by atoms with E-state index >= 15 is 0 Å². The van der Waals surface area contributed by atoms with Crippen LogP contribution in [0.3, 0.4) is 0 Å². The molecule has 2 unspecified atom stereocenters. The molecule has 9 nitrogen and oxygen atoms in total. The minimum atomic E-state index is -3.71. The Balaban J connectivity index is 1.35. The molecule has 0 N–H and O–H groups in total. The number of hydrogen-bond acceptors (Lipinski definition) is 8. The molecule has 1 saturated heterocycles. The van der Waals surface area contributed by atoms with Crippen molar-refractivity contribution in [3.05, 3.63) is 98.8 Å². The first-order valence-electron chi connectivity index (χ1n) is 13.7. The van der Waals surface area contributed by atoms with Gasteiger partial charge in [0.25, 0.3) is 5.91 Å². The third-order valence-corrected chi connectivity index (χ3v) is 10.6. The summed E-state index contributed by atoms with van der Waals surface area (Å²) in [6, 6.07) is 18.3. The largest absolute Gasteiger partial charge is 0.463 e. The third kappa shape index (κ3) is 5.92. The maximum absolute atomic E-state index is 13.9. The van der Waals surface area contributed by atoms with Crippen molar-refractivity contribution >= 4 is 75.7 Å². The fourth-order valence-corrected chi connectivity index (χ4v) is 8.46. The van der Waals surface area contributed by atoms with Crippen molar-refractivity contribution in [2.24, 2.45) is 16.9 Å². The number of halogens is 1. The van der Waals surface area contributed by atoms with Gasteiger partial charge >= 0.3 is 0 Å². The lowest BCUT2D eigenvalue weighted by Gasteiger charge is -2.34. The zero-order valence-electron chi connectivity index (χ0n) is 23.3. The van der Waals surface area contributed by atoms with Crippen molar-refractivity contribution in [2.75, 3.05) is 18.1 Å². The van der Waals surface area contributed by atoms with Gasteiger partial charge in [0.2, 0.25) is 20.6 Å². The number of carbonyl (C=O) groups excluding carboxylic acids is 1. The average Bonchev–Trinajstić information content (AvgIpc) is 3.40. The van der Waals surface area contributed by atoms with Crippen molar-refractivity contribution in [3.8, 4) is 0 Å². The molecular weight excluding hydrogens is 652 g/mol.